The Hall–Kier alpha value is -6.50. The fourth-order valence-electron chi connectivity index (χ4n) is 5.16. The first-order chi connectivity index (χ1) is 26.4. The Kier molecular flexibility index (Phi) is 10.7. The van der Waals surface area contributed by atoms with Crippen molar-refractivity contribution in [2.45, 2.75) is 21.6 Å². The topological polar surface area (TPSA) is 305 Å². The summed E-state index contributed by atoms with van der Waals surface area (Å²) in [5.41, 5.74) is 2.05. The molecule has 0 saturated heterocycles. The van der Waals surface area contributed by atoms with Crippen molar-refractivity contribution in [2.75, 3.05) is 17.7 Å². The molecule has 56 heavy (non-hydrogen) atoms. The number of aromatic nitrogens is 3. The van der Waals surface area contributed by atoms with E-state index >= 15 is 0 Å². The molecule has 0 aliphatic carbocycles. The zero-order valence-corrected chi connectivity index (χ0v) is 31.1. The van der Waals surface area contributed by atoms with Crippen LogP contribution in [0, 0.1) is 6.92 Å². The van der Waals surface area contributed by atoms with E-state index in [1.54, 1.807) is 37.3 Å². The second-order valence-electron chi connectivity index (χ2n) is 11.5. The molecule has 0 fully saturated rings. The number of benzene rings is 5. The number of azo groups is 2. The van der Waals surface area contributed by atoms with Gasteiger partial charge in [0.2, 0.25) is 11.9 Å². The van der Waals surface area contributed by atoms with Gasteiger partial charge in [-0.05, 0) is 79.2 Å². The number of methoxy groups -OCH3 is 1. The Morgan fingerprint density at radius 1 is 0.607 bits per heavy atom. The van der Waals surface area contributed by atoms with Crippen LogP contribution in [0.25, 0.3) is 10.8 Å². The molecule has 0 atom stereocenters. The molecule has 0 spiro atoms. The molecule has 0 saturated carbocycles. The van der Waals surface area contributed by atoms with Crippen LogP contribution in [0.1, 0.15) is 5.56 Å². The summed E-state index contributed by atoms with van der Waals surface area (Å²) in [6.07, 6.45) is 0. The Morgan fingerprint density at radius 3 is 1.93 bits per heavy atom. The molecular weight excluding hydrogens is 795 g/mol. The average molecular weight is 822 g/mol. The van der Waals surface area contributed by atoms with Crippen molar-refractivity contribution in [3.63, 3.8) is 0 Å². The summed E-state index contributed by atoms with van der Waals surface area (Å²) in [4.78, 5) is 10.5. The van der Waals surface area contributed by atoms with Crippen LogP contribution in [0.3, 0.4) is 0 Å². The van der Waals surface area contributed by atoms with Gasteiger partial charge in [-0.15, -0.1) is 0 Å². The third-order valence-electron chi connectivity index (χ3n) is 7.64. The van der Waals surface area contributed by atoms with Crippen molar-refractivity contribution < 1.29 is 48.8 Å². The fourth-order valence-corrected chi connectivity index (χ4v) is 7.10. The van der Waals surface area contributed by atoms with Gasteiger partial charge in [0, 0.05) is 22.5 Å². The van der Waals surface area contributed by atoms with Crippen molar-refractivity contribution in [1.82, 2.24) is 15.0 Å². The molecule has 0 aliphatic heterocycles. The van der Waals surface area contributed by atoms with Gasteiger partial charge in [-0.1, -0.05) is 18.2 Å². The van der Waals surface area contributed by atoms with E-state index in [9.17, 15) is 44.0 Å². The predicted octanol–water partition coefficient (Wildman–Crippen LogP) is 7.11. The number of aromatic hydroxyl groups is 1. The third kappa shape index (κ3) is 9.23. The molecule has 6 N–H and O–H groups in total. The van der Waals surface area contributed by atoms with Crippen molar-refractivity contribution in [2.24, 2.45) is 20.5 Å². The van der Waals surface area contributed by atoms with Crippen molar-refractivity contribution in [3.05, 3.63) is 96.6 Å². The molecule has 6 aromatic rings. The van der Waals surface area contributed by atoms with Gasteiger partial charge >= 0.3 is 6.01 Å². The van der Waals surface area contributed by atoms with Crippen LogP contribution in [-0.4, -0.2) is 66.1 Å². The Bertz CT molecular complexity index is 2930. The summed E-state index contributed by atoms with van der Waals surface area (Å²) in [5, 5.41) is 32.0. The highest BCUT2D eigenvalue weighted by atomic mass is 32.2. The van der Waals surface area contributed by atoms with Gasteiger partial charge in [0.25, 0.3) is 30.4 Å². The molecule has 0 aliphatic rings. The molecule has 288 valence electrons. The molecule has 1 aromatic heterocycles. The maximum Gasteiger partial charge on any atom is 0.320 e. The highest BCUT2D eigenvalue weighted by Crippen LogP contribution is 2.35. The van der Waals surface area contributed by atoms with Gasteiger partial charge in [-0.3, -0.25) is 13.7 Å². The maximum atomic E-state index is 12.1. The monoisotopic (exact) mass is 821 g/mol. The van der Waals surface area contributed by atoms with Gasteiger partial charge < -0.3 is 20.5 Å². The average Bonchev–Trinajstić information content (AvgIpc) is 3.12. The zero-order chi connectivity index (χ0) is 40.4. The highest BCUT2D eigenvalue weighted by molar-refractivity contribution is 7.86. The second kappa shape index (κ2) is 15.3. The van der Waals surface area contributed by atoms with E-state index in [-0.39, 0.29) is 44.7 Å². The largest absolute Gasteiger partial charge is 0.494 e. The number of hydrogen-bond donors (Lipinski definition) is 6. The first-order valence-electron chi connectivity index (χ1n) is 15.6. The molecule has 23 heteroatoms. The Balaban J connectivity index is 1.20. The van der Waals surface area contributed by atoms with Crippen molar-refractivity contribution in [3.8, 4) is 11.8 Å². The summed E-state index contributed by atoms with van der Waals surface area (Å²) in [7, 11) is -12.6. The zero-order valence-electron chi connectivity index (χ0n) is 28.7. The number of hydrogen-bond acceptors (Lipinski definition) is 17. The van der Waals surface area contributed by atoms with Crippen LogP contribution in [0.4, 0.5) is 46.0 Å². The van der Waals surface area contributed by atoms with E-state index < -0.39 is 46.2 Å². The van der Waals surface area contributed by atoms with Crippen molar-refractivity contribution >= 4 is 87.1 Å². The lowest BCUT2D eigenvalue weighted by atomic mass is 10.1. The summed E-state index contributed by atoms with van der Waals surface area (Å²) in [5.74, 6) is 0.141. The maximum absolute atomic E-state index is 12.1. The first-order valence-corrected chi connectivity index (χ1v) is 19.9. The number of anilines is 4. The molecule has 0 amide bonds. The molecular formula is C33H27N9O11S3. The molecule has 6 rings (SSSR count). The number of nitrogens with zero attached hydrogens (tertiary/aromatic N) is 7. The SMILES string of the molecule is COc1cc(/N=N/c2cccc(S(=O)(=O)O)c2)ccc1Nc1nc(O)nc(Nc2ccc(/N=N/c3cc(S(=O)(=O)O)c4cccc(S(=O)(=O)O)c4c3)c(C)c2)n1. The Morgan fingerprint density at radius 2 is 1.27 bits per heavy atom. The minimum atomic E-state index is -4.84. The van der Waals surface area contributed by atoms with Gasteiger partial charge in [0.1, 0.15) is 15.5 Å². The van der Waals surface area contributed by atoms with Gasteiger partial charge in [0.05, 0.1) is 40.4 Å². The summed E-state index contributed by atoms with van der Waals surface area (Å²) in [6, 6.07) is 19.8. The standard InChI is InChI=1S/C33H27N9O11S3/c1-18-13-19(9-11-26(18)42-41-22-15-25-24(30(17-22)56(50,51)52)7-4-8-29(25)55(47,48)49)34-31-36-32(38-33(43)37-31)35-27-12-10-21(16-28(27)53-2)40-39-20-5-3-6-23(14-20)54(44,45)46/h3-17H,1-2H3,(H,44,45,46)(H,47,48,49)(H,50,51,52)(H3,34,35,36,37,38,43)/b40-39+,42-41+. The summed E-state index contributed by atoms with van der Waals surface area (Å²) < 4.78 is 105. The van der Waals surface area contributed by atoms with E-state index in [4.69, 9.17) is 4.74 Å². The molecule has 1 heterocycles. The number of nitrogens with one attached hydrogen (secondary N) is 2. The van der Waals surface area contributed by atoms with Gasteiger partial charge in [-0.2, -0.15) is 60.7 Å². The summed E-state index contributed by atoms with van der Waals surface area (Å²) >= 11 is 0. The van der Waals surface area contributed by atoms with Crippen LogP contribution in [-0.2, 0) is 30.4 Å². The van der Waals surface area contributed by atoms with E-state index in [1.165, 1.54) is 49.6 Å². The van der Waals surface area contributed by atoms with Crippen molar-refractivity contribution in [1.29, 1.82) is 0 Å². The van der Waals surface area contributed by atoms with Gasteiger partial charge in [0.15, 0.2) is 0 Å². The molecule has 0 bridgehead atoms. The van der Waals surface area contributed by atoms with E-state index in [0.29, 0.717) is 28.3 Å². The number of aryl methyl sites for hydroxylation is 1. The minimum absolute atomic E-state index is 0.0613. The lowest BCUT2D eigenvalue weighted by Crippen LogP contribution is -2.04. The van der Waals surface area contributed by atoms with E-state index in [0.717, 1.165) is 18.2 Å². The molecule has 20 nitrogen and oxygen atoms in total. The van der Waals surface area contributed by atoms with E-state index in [2.05, 4.69) is 46.0 Å². The number of fused-ring (bicyclic) bond motifs is 1. The number of ether oxygens (including phenoxy) is 1. The van der Waals surface area contributed by atoms with Crippen LogP contribution < -0.4 is 15.4 Å². The van der Waals surface area contributed by atoms with Crippen LogP contribution in [0.15, 0.2) is 126 Å². The first kappa shape index (κ1) is 39.2. The summed E-state index contributed by atoms with van der Waals surface area (Å²) in [6.45, 7) is 1.68. The molecule has 0 radical (unpaired) electrons. The second-order valence-corrected chi connectivity index (χ2v) is 15.7. The minimum Gasteiger partial charge on any atom is -0.494 e. The molecule has 0 unspecified atom stereocenters. The predicted molar refractivity (Wildman–Crippen MR) is 200 cm³/mol. The van der Waals surface area contributed by atoms with Crippen LogP contribution >= 0.6 is 0 Å². The van der Waals surface area contributed by atoms with E-state index in [1.807, 2.05) is 0 Å². The normalized spacial score (nSPS) is 12.4. The Labute approximate surface area is 318 Å². The van der Waals surface area contributed by atoms with Crippen LogP contribution in [0.2, 0.25) is 0 Å². The fraction of sp³-hybridized carbons (Fsp3) is 0.0606. The third-order valence-corrected chi connectivity index (χ3v) is 10.3. The van der Waals surface area contributed by atoms with Gasteiger partial charge in [-0.25, -0.2) is 0 Å². The van der Waals surface area contributed by atoms with Crippen LogP contribution in [0.5, 0.6) is 11.8 Å². The molecule has 5 aromatic carbocycles. The quantitative estimate of drug-likeness (QED) is 0.0529. The lowest BCUT2D eigenvalue weighted by Gasteiger charge is -2.12. The lowest BCUT2D eigenvalue weighted by molar-refractivity contribution is 0.416. The number of rotatable bonds is 12. The smallest absolute Gasteiger partial charge is 0.320 e. The highest BCUT2D eigenvalue weighted by Gasteiger charge is 2.21.